The predicted octanol–water partition coefficient (Wildman–Crippen LogP) is 1.67. The van der Waals surface area contributed by atoms with Crippen LogP contribution in [0.2, 0.25) is 0 Å². The highest BCUT2D eigenvalue weighted by atomic mass is 31.1. The minimum absolute atomic E-state index is 1.05. The smallest absolute Gasteiger partial charge is 0.351 e. The van der Waals surface area contributed by atoms with E-state index in [0.29, 0.717) is 0 Å². The van der Waals surface area contributed by atoms with E-state index in [1.807, 2.05) is 0 Å². The standard InChI is InChI=1S/C4H10.CH2NO3P/c1-3-4-2;2-1-5-6(3)4/h3-4H2,1-2H3;6H,(H,3,4). The molecule has 5 heteroatoms. The molecular weight excluding hydrogens is 153 g/mol. The first-order valence-electron chi connectivity index (χ1n) is 2.97. The molecule has 0 aromatic heterocycles. The van der Waals surface area contributed by atoms with Crippen LogP contribution in [0.15, 0.2) is 0 Å². The van der Waals surface area contributed by atoms with Crippen molar-refractivity contribution < 1.29 is 14.0 Å². The summed E-state index contributed by atoms with van der Waals surface area (Å²) in [5, 5.41) is 7.43. The largest absolute Gasteiger partial charge is 0.374 e. The second-order valence-corrected chi connectivity index (χ2v) is 2.20. The van der Waals surface area contributed by atoms with Crippen molar-refractivity contribution in [2.45, 2.75) is 26.7 Å². The molecule has 1 unspecified atom stereocenters. The molecule has 0 aliphatic heterocycles. The number of hydrogen-bond donors (Lipinski definition) is 1. The maximum atomic E-state index is 9.34. The molecule has 0 amide bonds. The van der Waals surface area contributed by atoms with Crippen LogP contribution in [-0.2, 0) is 9.09 Å². The van der Waals surface area contributed by atoms with Crippen LogP contribution < -0.4 is 0 Å². The van der Waals surface area contributed by atoms with Gasteiger partial charge in [0.25, 0.3) is 6.26 Å². The molecule has 0 aromatic carbocycles. The van der Waals surface area contributed by atoms with Gasteiger partial charge in [0.05, 0.1) is 0 Å². The van der Waals surface area contributed by atoms with E-state index in [1.54, 1.807) is 0 Å². The van der Waals surface area contributed by atoms with Gasteiger partial charge in [-0.3, -0.25) is 0 Å². The van der Waals surface area contributed by atoms with Gasteiger partial charge in [0.15, 0.2) is 0 Å². The minimum Gasteiger partial charge on any atom is -0.351 e. The fourth-order valence-electron chi connectivity index (χ4n) is 0.0390. The summed E-state index contributed by atoms with van der Waals surface area (Å²) in [4.78, 5) is 7.65. The van der Waals surface area contributed by atoms with Gasteiger partial charge in [0.1, 0.15) is 0 Å². The average molecular weight is 165 g/mol. The zero-order valence-corrected chi connectivity index (χ0v) is 7.13. The van der Waals surface area contributed by atoms with E-state index in [9.17, 15) is 4.57 Å². The molecule has 4 nitrogen and oxygen atoms in total. The van der Waals surface area contributed by atoms with Gasteiger partial charge < -0.3 is 9.42 Å². The quantitative estimate of drug-likeness (QED) is 0.499. The Bertz CT molecular complexity index is 119. The molecule has 0 spiro atoms. The van der Waals surface area contributed by atoms with Crippen molar-refractivity contribution in [2.24, 2.45) is 0 Å². The van der Waals surface area contributed by atoms with Crippen molar-refractivity contribution in [2.75, 3.05) is 0 Å². The van der Waals surface area contributed by atoms with E-state index in [0.717, 1.165) is 6.26 Å². The van der Waals surface area contributed by atoms with Crippen LogP contribution in [0.1, 0.15) is 26.7 Å². The van der Waals surface area contributed by atoms with Gasteiger partial charge in [-0.2, -0.15) is 0 Å². The van der Waals surface area contributed by atoms with Gasteiger partial charge in [-0.25, -0.2) is 4.57 Å². The second-order valence-electron chi connectivity index (χ2n) is 1.46. The molecule has 0 aliphatic carbocycles. The summed E-state index contributed by atoms with van der Waals surface area (Å²) in [6.45, 7) is 4.36. The molecule has 0 heterocycles. The van der Waals surface area contributed by atoms with E-state index in [1.165, 1.54) is 12.8 Å². The summed E-state index contributed by atoms with van der Waals surface area (Å²) in [6, 6.07) is 0. The first kappa shape index (κ1) is 12.2. The minimum atomic E-state index is -3.00. The molecular formula is C5H12NO3P. The Balaban J connectivity index is 0. The van der Waals surface area contributed by atoms with Crippen LogP contribution in [0.4, 0.5) is 0 Å². The van der Waals surface area contributed by atoms with Crippen molar-refractivity contribution >= 4 is 8.25 Å². The maximum absolute atomic E-state index is 9.34. The van der Waals surface area contributed by atoms with Crippen molar-refractivity contribution in [3.05, 3.63) is 0 Å². The molecule has 60 valence electrons. The highest BCUT2D eigenvalue weighted by molar-refractivity contribution is 7.32. The molecule has 1 N–H and O–H groups in total. The van der Waals surface area contributed by atoms with Crippen LogP contribution in [-0.4, -0.2) is 4.89 Å². The SMILES string of the molecule is CCCC.N#CO[PH](=O)O. The van der Waals surface area contributed by atoms with E-state index >= 15 is 0 Å². The second kappa shape index (κ2) is 11.3. The first-order valence-corrected chi connectivity index (χ1v) is 4.24. The Morgan fingerprint density at radius 2 is 2.00 bits per heavy atom. The molecule has 0 rings (SSSR count). The molecule has 0 aromatic rings. The van der Waals surface area contributed by atoms with E-state index < -0.39 is 8.25 Å². The highest BCUT2D eigenvalue weighted by Gasteiger charge is 1.80. The van der Waals surface area contributed by atoms with Crippen molar-refractivity contribution in [3.63, 3.8) is 0 Å². The Kier molecular flexibility index (Phi) is 13.8. The number of nitriles is 1. The van der Waals surface area contributed by atoms with Gasteiger partial charge >= 0.3 is 8.25 Å². The summed E-state index contributed by atoms with van der Waals surface area (Å²) in [5.74, 6) is 0. The summed E-state index contributed by atoms with van der Waals surface area (Å²) < 4.78 is 12.8. The van der Waals surface area contributed by atoms with Crippen LogP contribution in [0.25, 0.3) is 0 Å². The Labute approximate surface area is 61.4 Å². The topological polar surface area (TPSA) is 70.3 Å². The van der Waals surface area contributed by atoms with Crippen molar-refractivity contribution in [1.82, 2.24) is 0 Å². The Morgan fingerprint density at radius 1 is 1.60 bits per heavy atom. The Hall–Kier alpha value is -0.520. The van der Waals surface area contributed by atoms with Gasteiger partial charge in [0.2, 0.25) is 0 Å². The molecule has 0 saturated carbocycles. The fraction of sp³-hybridized carbons (Fsp3) is 0.800. The third-order valence-electron chi connectivity index (χ3n) is 0.633. The third-order valence-corrected chi connectivity index (χ3v) is 0.899. The zero-order chi connectivity index (χ0) is 8.41. The van der Waals surface area contributed by atoms with Crippen molar-refractivity contribution in [3.8, 4) is 6.26 Å². The lowest BCUT2D eigenvalue weighted by Crippen LogP contribution is -1.57. The van der Waals surface area contributed by atoms with E-state index in [4.69, 9.17) is 10.2 Å². The van der Waals surface area contributed by atoms with Gasteiger partial charge in [-0.1, -0.05) is 26.7 Å². The summed E-state index contributed by atoms with van der Waals surface area (Å²) in [5.41, 5.74) is 0. The molecule has 10 heavy (non-hydrogen) atoms. The number of rotatable bonds is 2. The normalized spacial score (nSPS) is 10.2. The van der Waals surface area contributed by atoms with Crippen LogP contribution in [0, 0.1) is 11.5 Å². The lowest BCUT2D eigenvalue weighted by molar-refractivity contribution is 0.389. The van der Waals surface area contributed by atoms with Crippen LogP contribution in [0.3, 0.4) is 0 Å². The highest BCUT2D eigenvalue weighted by Crippen LogP contribution is 2.11. The first-order chi connectivity index (χ1) is 4.68. The molecule has 0 radical (unpaired) electrons. The third kappa shape index (κ3) is 25.9. The van der Waals surface area contributed by atoms with E-state index in [2.05, 4.69) is 18.4 Å². The Morgan fingerprint density at radius 3 is 2.00 bits per heavy atom. The molecule has 0 bridgehead atoms. The van der Waals surface area contributed by atoms with Crippen LogP contribution >= 0.6 is 8.25 Å². The van der Waals surface area contributed by atoms with Gasteiger partial charge in [-0.15, -0.1) is 5.26 Å². The maximum Gasteiger partial charge on any atom is 0.374 e. The summed E-state index contributed by atoms with van der Waals surface area (Å²) in [6.07, 6.45) is 3.69. The number of hydrogen-bond acceptors (Lipinski definition) is 3. The predicted molar refractivity (Wildman–Crippen MR) is 38.5 cm³/mol. The molecule has 0 saturated heterocycles. The zero-order valence-electron chi connectivity index (χ0n) is 6.13. The van der Waals surface area contributed by atoms with Crippen LogP contribution in [0.5, 0.6) is 0 Å². The monoisotopic (exact) mass is 165 g/mol. The lowest BCUT2D eigenvalue weighted by Gasteiger charge is -1.77. The fourth-order valence-corrected chi connectivity index (χ4v) is 0.117. The number of nitrogens with zero attached hydrogens (tertiary/aromatic N) is 1. The van der Waals surface area contributed by atoms with Gasteiger partial charge in [-0.05, 0) is 0 Å². The van der Waals surface area contributed by atoms with Gasteiger partial charge in [0, 0.05) is 0 Å². The molecule has 0 fully saturated rings. The molecule has 1 atom stereocenters. The van der Waals surface area contributed by atoms with E-state index in [-0.39, 0.29) is 0 Å². The average Bonchev–Trinajstić information content (AvgIpc) is 1.89. The lowest BCUT2D eigenvalue weighted by atomic mass is 10.4. The summed E-state index contributed by atoms with van der Waals surface area (Å²) in [7, 11) is -3.00. The van der Waals surface area contributed by atoms with Crippen molar-refractivity contribution in [1.29, 1.82) is 5.26 Å². The number of unbranched alkanes of at least 4 members (excludes halogenated alkanes) is 1. The molecule has 0 aliphatic rings. The summed E-state index contributed by atoms with van der Waals surface area (Å²) >= 11 is 0.